The number of nitrogens with zero attached hydrogens (tertiary/aromatic N) is 4. The zero-order valence-corrected chi connectivity index (χ0v) is 20.4. The van der Waals surface area contributed by atoms with Crippen LogP contribution in [0.3, 0.4) is 0 Å². The van der Waals surface area contributed by atoms with Gasteiger partial charge < -0.3 is 9.64 Å². The molecule has 6 nitrogen and oxygen atoms in total. The number of para-hydroxylation sites is 1. The quantitative estimate of drug-likeness (QED) is 0.501. The first-order valence-electron chi connectivity index (χ1n) is 11.2. The average Bonchev–Trinajstić information content (AvgIpc) is 3.61. The highest BCUT2D eigenvalue weighted by Gasteiger charge is 2.34. The van der Waals surface area contributed by atoms with E-state index in [-0.39, 0.29) is 11.9 Å². The van der Waals surface area contributed by atoms with Crippen molar-refractivity contribution in [1.29, 1.82) is 0 Å². The highest BCUT2D eigenvalue weighted by Crippen LogP contribution is 2.36. The molecule has 8 heteroatoms. The second-order valence-corrected chi connectivity index (χ2v) is 10.3. The van der Waals surface area contributed by atoms with E-state index in [4.69, 9.17) is 9.84 Å². The number of hydrazone groups is 1. The summed E-state index contributed by atoms with van der Waals surface area (Å²) in [5.74, 6) is 0.0336. The van der Waals surface area contributed by atoms with Crippen LogP contribution in [0.4, 0.5) is 5.69 Å². The maximum absolute atomic E-state index is 13.4. The number of carbonyl (C=O) groups is 1. The monoisotopic (exact) mass is 480 g/mol. The summed E-state index contributed by atoms with van der Waals surface area (Å²) in [6.45, 7) is 4.34. The Hall–Kier alpha value is -2.52. The minimum absolute atomic E-state index is 0.0244. The van der Waals surface area contributed by atoms with Gasteiger partial charge in [-0.1, -0.05) is 30.3 Å². The molecule has 1 unspecified atom stereocenters. The Morgan fingerprint density at radius 3 is 2.64 bits per heavy atom. The molecule has 2 aliphatic heterocycles. The van der Waals surface area contributed by atoms with Gasteiger partial charge in [-0.3, -0.25) is 9.69 Å². The molecule has 33 heavy (non-hydrogen) atoms. The predicted octanol–water partition coefficient (Wildman–Crippen LogP) is 4.46. The smallest absolute Gasteiger partial charge is 0.257 e. The van der Waals surface area contributed by atoms with Gasteiger partial charge in [0, 0.05) is 36.6 Å². The lowest BCUT2D eigenvalue weighted by Gasteiger charge is -2.31. The molecule has 1 fully saturated rings. The number of carbonyl (C=O) groups excluding carboxylic acids is 1. The van der Waals surface area contributed by atoms with Gasteiger partial charge in [0.1, 0.15) is 0 Å². The topological polar surface area (TPSA) is 48.4 Å². The molecule has 0 N–H and O–H groups in total. The number of hydrogen-bond acceptors (Lipinski definition) is 7. The molecule has 1 saturated heterocycles. The van der Waals surface area contributed by atoms with Crippen molar-refractivity contribution >= 4 is 40.0 Å². The molecule has 2 aliphatic rings. The van der Waals surface area contributed by atoms with Crippen molar-refractivity contribution in [3.8, 4) is 0 Å². The van der Waals surface area contributed by atoms with Crippen molar-refractivity contribution in [3.63, 3.8) is 0 Å². The van der Waals surface area contributed by atoms with E-state index in [9.17, 15) is 4.79 Å². The zero-order valence-electron chi connectivity index (χ0n) is 18.7. The van der Waals surface area contributed by atoms with Crippen molar-refractivity contribution in [2.24, 2.45) is 5.10 Å². The van der Waals surface area contributed by atoms with Gasteiger partial charge in [-0.25, -0.2) is 5.01 Å². The van der Waals surface area contributed by atoms with Crippen LogP contribution in [-0.4, -0.2) is 61.4 Å². The number of anilines is 1. The summed E-state index contributed by atoms with van der Waals surface area (Å²) < 4.78 is 5.51. The van der Waals surface area contributed by atoms with Gasteiger partial charge >= 0.3 is 0 Å². The predicted molar refractivity (Wildman–Crippen MR) is 135 cm³/mol. The lowest BCUT2D eigenvalue weighted by atomic mass is 10.1. The average molecular weight is 481 g/mol. The molecular weight excluding hydrogens is 452 g/mol. The van der Waals surface area contributed by atoms with Crippen molar-refractivity contribution in [2.45, 2.75) is 19.0 Å². The van der Waals surface area contributed by atoms with Gasteiger partial charge in [0.15, 0.2) is 0 Å². The number of ether oxygens (including phenoxy) is 1. The fraction of sp³-hybridized carbons (Fsp3) is 0.360. The van der Waals surface area contributed by atoms with Gasteiger partial charge in [0.2, 0.25) is 0 Å². The first-order chi connectivity index (χ1) is 16.2. The Bertz CT molecular complexity index is 1090. The van der Waals surface area contributed by atoms with Gasteiger partial charge in [-0.2, -0.15) is 5.10 Å². The molecule has 172 valence electrons. The van der Waals surface area contributed by atoms with Crippen LogP contribution in [0.5, 0.6) is 0 Å². The molecule has 3 aromatic rings. The van der Waals surface area contributed by atoms with Crippen LogP contribution in [0.25, 0.3) is 0 Å². The molecule has 5 rings (SSSR count). The highest BCUT2D eigenvalue weighted by atomic mass is 32.1. The lowest BCUT2D eigenvalue weighted by molar-refractivity contribution is -0.134. The number of morpholine rings is 1. The third kappa shape index (κ3) is 5.04. The van der Waals surface area contributed by atoms with Crippen LogP contribution in [0.1, 0.15) is 27.8 Å². The summed E-state index contributed by atoms with van der Waals surface area (Å²) in [6.07, 6.45) is 0.760. The Labute approximate surface area is 202 Å². The number of thiophene rings is 2. The van der Waals surface area contributed by atoms with Crippen LogP contribution in [0, 0.1) is 0 Å². The summed E-state index contributed by atoms with van der Waals surface area (Å²) >= 11 is 3.36. The second-order valence-electron chi connectivity index (χ2n) is 8.40. The van der Waals surface area contributed by atoms with Gasteiger partial charge in [0.05, 0.1) is 36.4 Å². The van der Waals surface area contributed by atoms with E-state index in [2.05, 4.69) is 57.0 Å². The normalized spacial score (nSPS) is 18.7. The Morgan fingerprint density at radius 2 is 1.88 bits per heavy atom. The van der Waals surface area contributed by atoms with Crippen LogP contribution < -0.4 is 4.90 Å². The van der Waals surface area contributed by atoms with E-state index in [1.165, 1.54) is 16.1 Å². The summed E-state index contributed by atoms with van der Waals surface area (Å²) in [4.78, 5) is 20.2. The molecule has 4 heterocycles. The van der Waals surface area contributed by atoms with Gasteiger partial charge in [-0.05, 0) is 41.6 Å². The fourth-order valence-corrected chi connectivity index (χ4v) is 5.97. The summed E-state index contributed by atoms with van der Waals surface area (Å²) in [6, 6.07) is 16.7. The van der Waals surface area contributed by atoms with Crippen LogP contribution in [-0.2, 0) is 16.1 Å². The largest absolute Gasteiger partial charge is 0.378 e. The molecule has 0 aliphatic carbocycles. The maximum Gasteiger partial charge on any atom is 0.257 e. The van der Waals surface area contributed by atoms with Crippen molar-refractivity contribution < 1.29 is 9.53 Å². The van der Waals surface area contributed by atoms with Gasteiger partial charge in [-0.15, -0.1) is 22.7 Å². The molecule has 0 spiro atoms. The molecule has 0 saturated carbocycles. The molecule has 1 atom stereocenters. The number of amides is 1. The number of likely N-dealkylation sites (N-methyl/N-ethyl adjacent to an activating group) is 1. The van der Waals surface area contributed by atoms with Crippen molar-refractivity contribution in [3.05, 3.63) is 74.6 Å². The van der Waals surface area contributed by atoms with Crippen LogP contribution in [0.2, 0.25) is 0 Å². The Balaban J connectivity index is 1.30. The van der Waals surface area contributed by atoms with Crippen molar-refractivity contribution in [1.82, 2.24) is 9.91 Å². The zero-order chi connectivity index (χ0) is 22.6. The lowest BCUT2D eigenvalue weighted by Crippen LogP contribution is -2.38. The van der Waals surface area contributed by atoms with E-state index >= 15 is 0 Å². The van der Waals surface area contributed by atoms with Crippen molar-refractivity contribution in [2.75, 3.05) is 44.8 Å². The van der Waals surface area contributed by atoms with Crippen LogP contribution >= 0.6 is 22.7 Å². The maximum atomic E-state index is 13.4. The van der Waals surface area contributed by atoms with E-state index in [0.717, 1.165) is 43.3 Å². The molecule has 2 aromatic heterocycles. The summed E-state index contributed by atoms with van der Waals surface area (Å²) in [5.41, 5.74) is 3.46. The third-order valence-corrected chi connectivity index (χ3v) is 7.92. The first kappa shape index (κ1) is 22.3. The van der Waals surface area contributed by atoms with E-state index in [1.54, 1.807) is 27.7 Å². The minimum atomic E-state index is -0.0244. The fourth-order valence-electron chi connectivity index (χ4n) is 4.44. The SMILES string of the molecule is CN(CC(=O)N1N=C(c2cccs2)CC1c1cccs1)Cc1ccccc1N1CCOCC1. The van der Waals surface area contributed by atoms with E-state index in [0.29, 0.717) is 13.1 Å². The third-order valence-electron chi connectivity index (χ3n) is 6.03. The number of rotatable bonds is 7. The summed E-state index contributed by atoms with van der Waals surface area (Å²) in [7, 11) is 2.01. The molecular formula is C25H28N4O2S2. The Morgan fingerprint density at radius 1 is 1.09 bits per heavy atom. The van der Waals surface area contributed by atoms with Gasteiger partial charge in [0.25, 0.3) is 5.91 Å². The molecule has 0 radical (unpaired) electrons. The molecule has 1 aromatic carbocycles. The highest BCUT2D eigenvalue weighted by molar-refractivity contribution is 7.12. The standard InChI is InChI=1S/C25H28N4O2S2/c1-27(17-19-6-2-3-7-21(19)28-10-12-31-13-11-28)18-25(30)29-22(24-9-5-15-33-24)16-20(26-29)23-8-4-14-32-23/h2-9,14-15,22H,10-13,16-18H2,1H3. The first-order valence-corrected chi connectivity index (χ1v) is 13.0. The van der Waals surface area contributed by atoms with E-state index in [1.807, 2.05) is 19.2 Å². The minimum Gasteiger partial charge on any atom is -0.378 e. The Kier molecular flexibility index (Phi) is 6.87. The molecule has 0 bridgehead atoms. The number of benzene rings is 1. The number of hydrogen-bond donors (Lipinski definition) is 0. The molecule has 1 amide bonds. The van der Waals surface area contributed by atoms with E-state index < -0.39 is 0 Å². The second kappa shape index (κ2) is 10.2. The summed E-state index contributed by atoms with van der Waals surface area (Å²) in [5, 5.41) is 10.6. The van der Waals surface area contributed by atoms with Crippen LogP contribution in [0.15, 0.2) is 64.4 Å².